The molecule has 0 saturated carbocycles. The Labute approximate surface area is 155 Å². The number of rotatable bonds is 6. The molecule has 0 radical (unpaired) electrons. The maximum Gasteiger partial charge on any atom is 0.180 e. The van der Waals surface area contributed by atoms with E-state index in [-0.39, 0.29) is 25.6 Å². The average molecular weight is 381 g/mol. The number of imidazole rings is 1. The topological polar surface area (TPSA) is 39.3 Å². The maximum atomic E-state index is 13.6. The number of hydrogen-bond acceptors (Lipinski definition) is 3. The van der Waals surface area contributed by atoms with E-state index in [0.717, 1.165) is 11.0 Å². The van der Waals surface area contributed by atoms with Crippen molar-refractivity contribution in [2.75, 3.05) is 6.61 Å². The number of hydrogen-bond donors (Lipinski definition) is 1. The quantitative estimate of drug-likeness (QED) is 0.655. The van der Waals surface area contributed by atoms with Gasteiger partial charge in [-0.2, -0.15) is 0 Å². The van der Waals surface area contributed by atoms with E-state index in [9.17, 15) is 9.50 Å². The van der Waals surface area contributed by atoms with Crippen molar-refractivity contribution in [3.05, 3.63) is 63.6 Å². The summed E-state index contributed by atoms with van der Waals surface area (Å²) in [5.41, 5.74) is 2.25. The molecule has 0 aliphatic carbocycles. The fraction of sp³-hybridized carbons (Fsp3) is 0.278. The highest BCUT2D eigenvalue weighted by Gasteiger charge is 2.13. The Morgan fingerprint density at radius 2 is 2.00 bits per heavy atom. The highest BCUT2D eigenvalue weighted by Crippen LogP contribution is 2.22. The van der Waals surface area contributed by atoms with E-state index in [2.05, 4.69) is 0 Å². The molecule has 0 aliphatic heterocycles. The van der Waals surface area contributed by atoms with E-state index >= 15 is 0 Å². The summed E-state index contributed by atoms with van der Waals surface area (Å²) >= 11 is 11.5. The molecule has 1 atom stereocenters. The van der Waals surface area contributed by atoms with Crippen LogP contribution < -0.4 is 0 Å². The lowest BCUT2D eigenvalue weighted by atomic mass is 10.2. The van der Waals surface area contributed by atoms with E-state index in [1.165, 1.54) is 6.07 Å². The minimum Gasteiger partial charge on any atom is -0.389 e. The lowest BCUT2D eigenvalue weighted by Crippen LogP contribution is -2.22. The van der Waals surface area contributed by atoms with Gasteiger partial charge in [-0.3, -0.25) is 0 Å². The average Bonchev–Trinajstić information content (AvgIpc) is 2.81. The molecule has 1 N–H and O–H groups in total. The third-order valence-electron chi connectivity index (χ3n) is 4.03. The standard InChI is InChI=1S/C18H18ClFN2O2S/c1-21-16-7-6-13(19)8-17(16)22(18(21)25)9-14(23)11-24-10-12-4-2-3-5-15(12)20/h2-8,14,23H,9-11H2,1H3/t14-/m1/s1. The Hall–Kier alpha value is -1.73. The van der Waals surface area contributed by atoms with Crippen molar-refractivity contribution in [1.29, 1.82) is 0 Å². The van der Waals surface area contributed by atoms with Gasteiger partial charge < -0.3 is 19.0 Å². The summed E-state index contributed by atoms with van der Waals surface area (Å²) in [7, 11) is 1.87. The summed E-state index contributed by atoms with van der Waals surface area (Å²) < 4.78 is 23.3. The predicted octanol–water partition coefficient (Wildman–Crippen LogP) is 4.08. The maximum absolute atomic E-state index is 13.6. The van der Waals surface area contributed by atoms with Crippen molar-refractivity contribution < 1.29 is 14.2 Å². The van der Waals surface area contributed by atoms with Crippen LogP contribution in [0.5, 0.6) is 0 Å². The molecule has 0 saturated heterocycles. The number of halogens is 2. The van der Waals surface area contributed by atoms with Gasteiger partial charge in [0.2, 0.25) is 0 Å². The smallest absolute Gasteiger partial charge is 0.180 e. The molecule has 4 nitrogen and oxygen atoms in total. The van der Waals surface area contributed by atoms with Crippen molar-refractivity contribution in [3.63, 3.8) is 0 Å². The molecule has 1 heterocycles. The van der Waals surface area contributed by atoms with Gasteiger partial charge in [-0.05, 0) is 36.5 Å². The number of nitrogens with zero attached hydrogens (tertiary/aromatic N) is 2. The number of ether oxygens (including phenoxy) is 1. The fourth-order valence-electron chi connectivity index (χ4n) is 2.74. The molecular formula is C18H18ClFN2O2S. The lowest BCUT2D eigenvalue weighted by Gasteiger charge is -2.13. The van der Waals surface area contributed by atoms with Gasteiger partial charge in [0.25, 0.3) is 0 Å². The van der Waals surface area contributed by atoms with Gasteiger partial charge in [-0.25, -0.2) is 4.39 Å². The Kier molecular flexibility index (Phi) is 5.54. The van der Waals surface area contributed by atoms with Gasteiger partial charge in [-0.1, -0.05) is 29.8 Å². The Morgan fingerprint density at radius 3 is 2.76 bits per heavy atom. The lowest BCUT2D eigenvalue weighted by molar-refractivity contribution is 0.0197. The monoisotopic (exact) mass is 380 g/mol. The van der Waals surface area contributed by atoms with Crippen LogP contribution in [0.4, 0.5) is 4.39 Å². The number of aliphatic hydroxyl groups excluding tert-OH is 1. The van der Waals surface area contributed by atoms with E-state index in [1.54, 1.807) is 24.3 Å². The van der Waals surface area contributed by atoms with Gasteiger partial charge in [0.15, 0.2) is 4.77 Å². The molecule has 0 spiro atoms. The molecule has 0 fully saturated rings. The zero-order valence-corrected chi connectivity index (χ0v) is 15.2. The summed E-state index contributed by atoms with van der Waals surface area (Å²) in [5.74, 6) is -0.317. The fourth-order valence-corrected chi connectivity index (χ4v) is 3.18. The first-order chi connectivity index (χ1) is 12.0. The van der Waals surface area contributed by atoms with Crippen molar-refractivity contribution >= 4 is 34.9 Å². The summed E-state index contributed by atoms with van der Waals surface area (Å²) in [6.07, 6.45) is -0.775. The third-order valence-corrected chi connectivity index (χ3v) is 4.76. The summed E-state index contributed by atoms with van der Waals surface area (Å²) in [5, 5.41) is 10.9. The second-order valence-corrected chi connectivity index (χ2v) is 6.65. The minimum atomic E-state index is -0.775. The molecule has 132 valence electrons. The number of fused-ring (bicyclic) bond motifs is 1. The van der Waals surface area contributed by atoms with E-state index in [1.807, 2.05) is 28.3 Å². The minimum absolute atomic E-state index is 0.0764. The third kappa shape index (κ3) is 3.93. The van der Waals surface area contributed by atoms with Crippen LogP contribution in [0.25, 0.3) is 11.0 Å². The number of benzene rings is 2. The molecule has 2 aromatic carbocycles. The van der Waals surface area contributed by atoms with Crippen LogP contribution in [-0.4, -0.2) is 27.0 Å². The van der Waals surface area contributed by atoms with Crippen LogP contribution in [0.3, 0.4) is 0 Å². The van der Waals surface area contributed by atoms with Crippen LogP contribution >= 0.6 is 23.8 Å². The van der Waals surface area contributed by atoms with Crippen molar-refractivity contribution in [3.8, 4) is 0 Å². The van der Waals surface area contributed by atoms with Crippen LogP contribution in [0.1, 0.15) is 5.56 Å². The second kappa shape index (κ2) is 7.66. The van der Waals surface area contributed by atoms with Gasteiger partial charge in [0, 0.05) is 17.6 Å². The zero-order chi connectivity index (χ0) is 18.0. The van der Waals surface area contributed by atoms with Crippen LogP contribution in [0.2, 0.25) is 5.02 Å². The molecule has 25 heavy (non-hydrogen) atoms. The first-order valence-electron chi connectivity index (χ1n) is 7.81. The number of aryl methyl sites for hydroxylation is 1. The largest absolute Gasteiger partial charge is 0.389 e. The van der Waals surface area contributed by atoms with Crippen LogP contribution in [-0.2, 0) is 24.9 Å². The highest BCUT2D eigenvalue weighted by molar-refractivity contribution is 7.71. The SMILES string of the molecule is Cn1c(=S)n(C[C@@H](O)COCc2ccccc2F)c2cc(Cl)ccc21. The molecule has 0 aliphatic rings. The molecule has 3 aromatic rings. The first-order valence-corrected chi connectivity index (χ1v) is 8.60. The molecule has 1 aromatic heterocycles. The summed E-state index contributed by atoms with van der Waals surface area (Å²) in [4.78, 5) is 0. The Morgan fingerprint density at radius 1 is 1.24 bits per heavy atom. The van der Waals surface area contributed by atoms with Crippen molar-refractivity contribution in [2.24, 2.45) is 7.05 Å². The molecule has 7 heteroatoms. The second-order valence-electron chi connectivity index (χ2n) is 5.85. The number of aliphatic hydroxyl groups is 1. The highest BCUT2D eigenvalue weighted by atomic mass is 35.5. The van der Waals surface area contributed by atoms with E-state index in [4.69, 9.17) is 28.6 Å². The Bertz CT molecular complexity index is 954. The van der Waals surface area contributed by atoms with E-state index in [0.29, 0.717) is 15.4 Å². The van der Waals surface area contributed by atoms with Gasteiger partial charge in [-0.15, -0.1) is 0 Å². The molecule has 3 rings (SSSR count). The molecular weight excluding hydrogens is 363 g/mol. The normalized spacial score (nSPS) is 12.6. The van der Waals surface area contributed by atoms with Crippen molar-refractivity contribution in [2.45, 2.75) is 19.3 Å². The molecule has 0 unspecified atom stereocenters. The first kappa shape index (κ1) is 18.1. The molecule has 0 amide bonds. The Balaban J connectivity index is 1.69. The summed E-state index contributed by atoms with van der Waals surface area (Å²) in [6, 6.07) is 11.9. The van der Waals surface area contributed by atoms with E-state index < -0.39 is 6.10 Å². The summed E-state index contributed by atoms with van der Waals surface area (Å²) in [6.45, 7) is 0.456. The predicted molar refractivity (Wildman–Crippen MR) is 98.8 cm³/mol. The van der Waals surface area contributed by atoms with Gasteiger partial charge >= 0.3 is 0 Å². The van der Waals surface area contributed by atoms with Gasteiger partial charge in [0.05, 0.1) is 36.9 Å². The van der Waals surface area contributed by atoms with Crippen LogP contribution in [0, 0.1) is 10.6 Å². The molecule has 0 bridgehead atoms. The van der Waals surface area contributed by atoms with Crippen molar-refractivity contribution in [1.82, 2.24) is 9.13 Å². The van der Waals surface area contributed by atoms with Gasteiger partial charge in [0.1, 0.15) is 5.82 Å². The van der Waals surface area contributed by atoms with Crippen LogP contribution in [0.15, 0.2) is 42.5 Å². The number of aromatic nitrogens is 2. The zero-order valence-electron chi connectivity index (χ0n) is 13.7.